The number of hydrogen-bond donors (Lipinski definition) is 2. The molecule has 0 bridgehead atoms. The number of nitrogens with one attached hydrogen (secondary N) is 2. The van der Waals surface area contributed by atoms with Crippen molar-refractivity contribution in [1.82, 2.24) is 10.2 Å². The lowest BCUT2D eigenvalue weighted by Crippen LogP contribution is -2.47. The van der Waals surface area contributed by atoms with E-state index in [1.165, 1.54) is 19.4 Å². The molecule has 34 heavy (non-hydrogen) atoms. The fourth-order valence-electron chi connectivity index (χ4n) is 4.36. The molecule has 1 atom stereocenters. The highest BCUT2D eigenvalue weighted by atomic mass is 16.5. The molecule has 2 fully saturated rings. The van der Waals surface area contributed by atoms with Gasteiger partial charge in [-0.3, -0.25) is 14.5 Å². The van der Waals surface area contributed by atoms with Gasteiger partial charge >= 0.3 is 0 Å². The summed E-state index contributed by atoms with van der Waals surface area (Å²) in [6.45, 7) is 9.25. The number of carbonyl (C=O) groups is 2. The zero-order valence-electron chi connectivity index (χ0n) is 20.4. The van der Waals surface area contributed by atoms with Crippen molar-refractivity contribution in [3.05, 3.63) is 54.1 Å². The molecule has 2 aliphatic rings. The van der Waals surface area contributed by atoms with Gasteiger partial charge in [0, 0.05) is 49.7 Å². The van der Waals surface area contributed by atoms with Crippen molar-refractivity contribution in [1.29, 1.82) is 0 Å². The quantitative estimate of drug-likeness (QED) is 0.593. The maximum atomic E-state index is 13.1. The first kappa shape index (κ1) is 24.1. The average molecular weight is 465 g/mol. The maximum absolute atomic E-state index is 13.1. The Morgan fingerprint density at radius 3 is 2.35 bits per heavy atom. The monoisotopic (exact) mass is 464 g/mol. The van der Waals surface area contributed by atoms with Crippen molar-refractivity contribution in [2.45, 2.75) is 32.7 Å². The van der Waals surface area contributed by atoms with Crippen molar-refractivity contribution in [3.8, 4) is 5.75 Å². The lowest BCUT2D eigenvalue weighted by Gasteiger charge is -2.36. The summed E-state index contributed by atoms with van der Waals surface area (Å²) < 4.78 is 5.15. The molecule has 2 N–H and O–H groups in total. The van der Waals surface area contributed by atoms with E-state index in [0.717, 1.165) is 43.5 Å². The van der Waals surface area contributed by atoms with Crippen LogP contribution in [0.5, 0.6) is 5.75 Å². The van der Waals surface area contributed by atoms with Crippen LogP contribution in [0.4, 0.5) is 11.4 Å². The third-order valence-corrected chi connectivity index (χ3v) is 6.65. The highest BCUT2D eigenvalue weighted by Gasteiger charge is 2.27. The van der Waals surface area contributed by atoms with Crippen LogP contribution < -0.4 is 20.3 Å². The first-order valence-electron chi connectivity index (χ1n) is 12.3. The molecule has 2 aromatic rings. The van der Waals surface area contributed by atoms with Gasteiger partial charge in [-0.25, -0.2) is 0 Å². The van der Waals surface area contributed by atoms with Gasteiger partial charge in [0.15, 0.2) is 0 Å². The Morgan fingerprint density at radius 1 is 1.03 bits per heavy atom. The van der Waals surface area contributed by atoms with Crippen LogP contribution in [0.15, 0.2) is 48.5 Å². The van der Waals surface area contributed by atoms with Crippen molar-refractivity contribution in [3.63, 3.8) is 0 Å². The Bertz CT molecular complexity index is 980. The average Bonchev–Trinajstić information content (AvgIpc) is 3.67. The second kappa shape index (κ2) is 10.9. The number of rotatable bonds is 9. The molecule has 1 saturated heterocycles. The lowest BCUT2D eigenvalue weighted by molar-refractivity contribution is -0.118. The highest BCUT2D eigenvalue weighted by molar-refractivity contribution is 6.01. The van der Waals surface area contributed by atoms with Gasteiger partial charge < -0.3 is 20.3 Å². The van der Waals surface area contributed by atoms with Crippen LogP contribution >= 0.6 is 0 Å². The molecular weight excluding hydrogens is 428 g/mol. The molecule has 0 aromatic heterocycles. The summed E-state index contributed by atoms with van der Waals surface area (Å²) in [6, 6.07) is 14.2. The van der Waals surface area contributed by atoms with Crippen LogP contribution in [0.1, 0.15) is 37.0 Å². The minimum absolute atomic E-state index is 0.0649. The number of methoxy groups -OCH3 is 1. The van der Waals surface area contributed by atoms with Gasteiger partial charge in [0.2, 0.25) is 5.91 Å². The van der Waals surface area contributed by atoms with E-state index in [1.54, 1.807) is 31.4 Å². The molecule has 7 heteroatoms. The van der Waals surface area contributed by atoms with Crippen LogP contribution in [-0.2, 0) is 4.79 Å². The van der Waals surface area contributed by atoms with Crippen LogP contribution in [0, 0.1) is 11.8 Å². The summed E-state index contributed by atoms with van der Waals surface area (Å²) >= 11 is 0. The smallest absolute Gasteiger partial charge is 0.251 e. The van der Waals surface area contributed by atoms with Crippen LogP contribution in [0.25, 0.3) is 0 Å². The normalized spacial score (nSPS) is 17.4. The van der Waals surface area contributed by atoms with Crippen molar-refractivity contribution >= 4 is 23.2 Å². The highest BCUT2D eigenvalue weighted by Crippen LogP contribution is 2.30. The number of amides is 2. The Hall–Kier alpha value is -3.06. The Morgan fingerprint density at radius 2 is 1.74 bits per heavy atom. The van der Waals surface area contributed by atoms with Crippen molar-refractivity contribution < 1.29 is 14.3 Å². The molecular formula is C27H36N4O3. The molecule has 4 rings (SSSR count). The predicted molar refractivity (Wildman–Crippen MR) is 136 cm³/mol. The van der Waals surface area contributed by atoms with E-state index in [2.05, 4.69) is 26.5 Å². The number of hydrogen-bond acceptors (Lipinski definition) is 5. The van der Waals surface area contributed by atoms with Gasteiger partial charge in [-0.1, -0.05) is 19.9 Å². The zero-order chi connectivity index (χ0) is 24.1. The van der Waals surface area contributed by atoms with Gasteiger partial charge in [-0.05, 0) is 67.1 Å². The number of carbonyl (C=O) groups excluding carboxylic acids is 2. The standard InChI is InChI=1S/C27H36N4O3/c1-19(2)25(29-26(32)21-9-11-24(34-3)12-10-21)27(33)28-22-5-4-6-23(17-22)31-15-13-30(14-16-31)18-20-7-8-20/h4-6,9-12,17,19-20,25H,7-8,13-16,18H2,1-3H3,(H,28,33)(H,29,32). The van der Waals surface area contributed by atoms with Gasteiger partial charge in [-0.15, -0.1) is 0 Å². The van der Waals surface area contributed by atoms with Gasteiger partial charge in [0.05, 0.1) is 7.11 Å². The summed E-state index contributed by atoms with van der Waals surface area (Å²) in [4.78, 5) is 30.8. The van der Waals surface area contributed by atoms with Crippen LogP contribution in [0.3, 0.4) is 0 Å². The van der Waals surface area contributed by atoms with Gasteiger partial charge in [0.25, 0.3) is 5.91 Å². The zero-order valence-corrected chi connectivity index (χ0v) is 20.4. The van der Waals surface area contributed by atoms with E-state index in [9.17, 15) is 9.59 Å². The molecule has 0 radical (unpaired) electrons. The number of ether oxygens (including phenoxy) is 1. The van der Waals surface area contributed by atoms with E-state index in [1.807, 2.05) is 32.0 Å². The fraction of sp³-hybridized carbons (Fsp3) is 0.481. The molecule has 1 unspecified atom stereocenters. The third-order valence-electron chi connectivity index (χ3n) is 6.65. The molecule has 1 aliphatic heterocycles. The third kappa shape index (κ3) is 6.29. The topological polar surface area (TPSA) is 73.9 Å². The van der Waals surface area contributed by atoms with Gasteiger partial charge in [-0.2, -0.15) is 0 Å². The first-order valence-corrected chi connectivity index (χ1v) is 12.3. The Labute approximate surface area is 202 Å². The SMILES string of the molecule is COc1ccc(C(=O)NC(C(=O)Nc2cccc(N3CCN(CC4CC4)CC3)c2)C(C)C)cc1. The molecule has 0 spiro atoms. The van der Waals surface area contributed by atoms with E-state index in [0.29, 0.717) is 11.3 Å². The minimum atomic E-state index is -0.649. The van der Waals surface area contributed by atoms with Crippen LogP contribution in [0.2, 0.25) is 0 Å². The van der Waals surface area contributed by atoms with Crippen molar-refractivity contribution in [2.75, 3.05) is 50.1 Å². The van der Waals surface area contributed by atoms with E-state index >= 15 is 0 Å². The van der Waals surface area contributed by atoms with E-state index < -0.39 is 6.04 Å². The number of benzene rings is 2. The second-order valence-corrected chi connectivity index (χ2v) is 9.69. The van der Waals surface area contributed by atoms with Gasteiger partial charge in [0.1, 0.15) is 11.8 Å². The minimum Gasteiger partial charge on any atom is -0.497 e. The second-order valence-electron chi connectivity index (χ2n) is 9.69. The molecule has 1 aliphatic carbocycles. The molecule has 182 valence electrons. The predicted octanol–water partition coefficient (Wildman–Crippen LogP) is 3.62. The maximum Gasteiger partial charge on any atom is 0.251 e. The molecule has 7 nitrogen and oxygen atoms in total. The molecule has 1 saturated carbocycles. The summed E-state index contributed by atoms with van der Waals surface area (Å²) in [5, 5.41) is 5.90. The number of nitrogens with zero attached hydrogens (tertiary/aromatic N) is 2. The summed E-state index contributed by atoms with van der Waals surface area (Å²) in [6.07, 6.45) is 2.78. The van der Waals surface area contributed by atoms with Crippen molar-refractivity contribution in [2.24, 2.45) is 11.8 Å². The number of piperazine rings is 1. The summed E-state index contributed by atoms with van der Waals surface area (Å²) in [5.41, 5.74) is 2.35. The number of anilines is 2. The largest absolute Gasteiger partial charge is 0.497 e. The van der Waals surface area contributed by atoms with Crippen LogP contribution in [-0.4, -0.2) is 62.6 Å². The summed E-state index contributed by atoms with van der Waals surface area (Å²) in [7, 11) is 1.58. The lowest BCUT2D eigenvalue weighted by atomic mass is 10.0. The molecule has 2 amide bonds. The Balaban J connectivity index is 1.35. The fourth-order valence-corrected chi connectivity index (χ4v) is 4.36. The molecule has 1 heterocycles. The van der Waals surface area contributed by atoms with E-state index in [-0.39, 0.29) is 17.7 Å². The molecule has 2 aromatic carbocycles. The first-order chi connectivity index (χ1) is 16.4. The Kier molecular flexibility index (Phi) is 7.73. The summed E-state index contributed by atoms with van der Waals surface area (Å²) in [5.74, 6) is 1.03. The van der Waals surface area contributed by atoms with E-state index in [4.69, 9.17) is 4.74 Å².